The first kappa shape index (κ1) is 30.0. The lowest BCUT2D eigenvalue weighted by Gasteiger charge is -2.40. The van der Waals surface area contributed by atoms with Crippen molar-refractivity contribution in [3.05, 3.63) is 35.4 Å². The average molecular weight is 471 g/mol. The number of rotatable bonds is 21. The van der Waals surface area contributed by atoms with Crippen LogP contribution in [0.5, 0.6) is 0 Å². The molecule has 192 valence electrons. The number of benzene rings is 1. The summed E-state index contributed by atoms with van der Waals surface area (Å²) in [4.78, 5) is 0. The van der Waals surface area contributed by atoms with Crippen molar-refractivity contribution in [3.8, 4) is 0 Å². The van der Waals surface area contributed by atoms with E-state index in [2.05, 4.69) is 27.7 Å². The molecule has 0 aliphatic carbocycles. The minimum atomic E-state index is -1.05. The van der Waals surface area contributed by atoms with Crippen molar-refractivity contribution in [1.82, 2.24) is 0 Å². The highest BCUT2D eigenvalue weighted by atomic mass is 19.1. The summed E-state index contributed by atoms with van der Waals surface area (Å²) in [6.45, 7) is 10.2. The van der Waals surface area contributed by atoms with Gasteiger partial charge < -0.3 is 14.2 Å². The monoisotopic (exact) mass is 470 g/mol. The summed E-state index contributed by atoms with van der Waals surface area (Å²) >= 11 is 0. The number of unbranched alkanes of at least 4 members (excludes halogenated alkanes) is 5. The Morgan fingerprint density at radius 3 is 1.79 bits per heavy atom. The Labute approximate surface area is 201 Å². The van der Waals surface area contributed by atoms with Crippen molar-refractivity contribution in [3.63, 3.8) is 0 Å². The molecule has 1 atom stereocenters. The van der Waals surface area contributed by atoms with E-state index < -0.39 is 17.6 Å². The summed E-state index contributed by atoms with van der Waals surface area (Å²) in [6.07, 6.45) is 13.1. The predicted molar refractivity (Wildman–Crippen MR) is 132 cm³/mol. The number of hydrogen-bond acceptors (Lipinski definition) is 3. The lowest BCUT2D eigenvalue weighted by molar-refractivity contribution is -0.406. The molecule has 5 heteroatoms. The molecule has 0 bridgehead atoms. The first-order valence-corrected chi connectivity index (χ1v) is 13.4. The average Bonchev–Trinajstić information content (AvgIpc) is 2.81. The second-order valence-corrected chi connectivity index (χ2v) is 9.03. The van der Waals surface area contributed by atoms with Crippen LogP contribution in [0, 0.1) is 17.6 Å². The van der Waals surface area contributed by atoms with Crippen LogP contribution in [0.15, 0.2) is 18.2 Å². The SMILES string of the molecule is CCCCCCCCC(CCCc1ccc(F)cc1F)C(OCCC)(OCCC)OCCC. The summed E-state index contributed by atoms with van der Waals surface area (Å²) in [5.74, 6) is -1.99. The number of ether oxygens (including phenoxy) is 3. The van der Waals surface area contributed by atoms with Crippen LogP contribution in [0.2, 0.25) is 0 Å². The Balaban J connectivity index is 2.93. The minimum absolute atomic E-state index is 0.0665. The molecule has 0 saturated carbocycles. The number of halogens is 2. The summed E-state index contributed by atoms with van der Waals surface area (Å²) in [5.41, 5.74) is 0.554. The van der Waals surface area contributed by atoms with Crippen LogP contribution in [0.3, 0.4) is 0 Å². The van der Waals surface area contributed by atoms with Gasteiger partial charge in [0.05, 0.1) is 19.8 Å². The van der Waals surface area contributed by atoms with Crippen LogP contribution in [-0.4, -0.2) is 25.8 Å². The van der Waals surface area contributed by atoms with Crippen LogP contribution in [0.4, 0.5) is 8.78 Å². The van der Waals surface area contributed by atoms with Crippen LogP contribution in [0.1, 0.15) is 110 Å². The Morgan fingerprint density at radius 1 is 0.697 bits per heavy atom. The summed E-state index contributed by atoms with van der Waals surface area (Å²) < 4.78 is 46.4. The van der Waals surface area contributed by atoms with Crippen molar-refractivity contribution in [2.24, 2.45) is 5.92 Å². The third-order valence-corrected chi connectivity index (χ3v) is 5.94. The van der Waals surface area contributed by atoms with Gasteiger partial charge in [0.15, 0.2) is 0 Å². The Hall–Kier alpha value is -1.04. The summed E-state index contributed by atoms with van der Waals surface area (Å²) in [6, 6.07) is 3.84. The molecule has 0 saturated heterocycles. The van der Waals surface area contributed by atoms with E-state index in [0.29, 0.717) is 31.8 Å². The maximum absolute atomic E-state index is 14.1. The second kappa shape index (κ2) is 18.3. The first-order chi connectivity index (χ1) is 16.0. The molecule has 0 heterocycles. The third-order valence-electron chi connectivity index (χ3n) is 5.94. The van der Waals surface area contributed by atoms with Crippen molar-refractivity contribution >= 4 is 0 Å². The van der Waals surface area contributed by atoms with Gasteiger partial charge in [0, 0.05) is 12.0 Å². The molecular formula is C28H48F2O3. The normalized spacial score (nSPS) is 12.9. The van der Waals surface area contributed by atoms with Crippen molar-refractivity contribution in [2.45, 2.75) is 117 Å². The van der Waals surface area contributed by atoms with E-state index in [-0.39, 0.29) is 5.92 Å². The molecule has 0 N–H and O–H groups in total. The zero-order chi connectivity index (χ0) is 24.4. The summed E-state index contributed by atoms with van der Waals surface area (Å²) in [5, 5.41) is 0. The van der Waals surface area contributed by atoms with Gasteiger partial charge in [0.1, 0.15) is 11.6 Å². The maximum atomic E-state index is 14.1. The van der Waals surface area contributed by atoms with E-state index in [4.69, 9.17) is 14.2 Å². The van der Waals surface area contributed by atoms with Gasteiger partial charge in [-0.1, -0.05) is 72.3 Å². The van der Waals surface area contributed by atoms with Crippen LogP contribution in [0.25, 0.3) is 0 Å². The van der Waals surface area contributed by atoms with Crippen LogP contribution >= 0.6 is 0 Å². The molecule has 0 aliphatic heterocycles. The fourth-order valence-corrected chi connectivity index (χ4v) is 4.14. The molecule has 0 spiro atoms. The lowest BCUT2D eigenvalue weighted by Crippen LogP contribution is -2.47. The van der Waals surface area contributed by atoms with E-state index in [1.807, 2.05) is 0 Å². The molecule has 1 aromatic rings. The molecule has 33 heavy (non-hydrogen) atoms. The van der Waals surface area contributed by atoms with Gasteiger partial charge in [-0.05, 0) is 56.6 Å². The van der Waals surface area contributed by atoms with Crippen molar-refractivity contribution < 1.29 is 23.0 Å². The second-order valence-electron chi connectivity index (χ2n) is 9.03. The number of aryl methyl sites for hydroxylation is 1. The lowest BCUT2D eigenvalue weighted by atomic mass is 9.91. The van der Waals surface area contributed by atoms with E-state index in [1.54, 1.807) is 6.07 Å². The van der Waals surface area contributed by atoms with Gasteiger partial charge in [0.2, 0.25) is 0 Å². The van der Waals surface area contributed by atoms with Gasteiger partial charge in [-0.2, -0.15) is 0 Å². The molecule has 1 rings (SSSR count). The zero-order valence-electron chi connectivity index (χ0n) is 21.6. The van der Waals surface area contributed by atoms with Gasteiger partial charge in [-0.25, -0.2) is 8.78 Å². The zero-order valence-corrected chi connectivity index (χ0v) is 21.6. The Bertz CT molecular complexity index is 587. The fraction of sp³-hybridized carbons (Fsp3) is 0.786. The molecule has 0 amide bonds. The quantitative estimate of drug-likeness (QED) is 0.133. The van der Waals surface area contributed by atoms with Crippen molar-refractivity contribution in [1.29, 1.82) is 0 Å². The Kier molecular flexibility index (Phi) is 16.6. The smallest absolute Gasteiger partial charge is 0.285 e. The van der Waals surface area contributed by atoms with Crippen LogP contribution in [-0.2, 0) is 20.6 Å². The Morgan fingerprint density at radius 2 is 1.24 bits per heavy atom. The largest absolute Gasteiger partial charge is 0.327 e. The maximum Gasteiger partial charge on any atom is 0.285 e. The highest BCUT2D eigenvalue weighted by molar-refractivity contribution is 5.18. The third kappa shape index (κ3) is 11.8. The molecule has 0 radical (unpaired) electrons. The first-order valence-electron chi connectivity index (χ1n) is 13.4. The van der Waals surface area contributed by atoms with Crippen molar-refractivity contribution in [2.75, 3.05) is 19.8 Å². The predicted octanol–water partition coefficient (Wildman–Crippen LogP) is 8.59. The molecular weight excluding hydrogens is 422 g/mol. The fourth-order valence-electron chi connectivity index (χ4n) is 4.14. The molecule has 3 nitrogen and oxygen atoms in total. The van der Waals surface area contributed by atoms with Gasteiger partial charge >= 0.3 is 0 Å². The van der Waals surface area contributed by atoms with E-state index >= 15 is 0 Å². The molecule has 0 aliphatic rings. The minimum Gasteiger partial charge on any atom is -0.327 e. The van der Waals surface area contributed by atoms with E-state index in [0.717, 1.165) is 51.0 Å². The standard InChI is InChI=1S/C28H48F2O3/c1-5-9-10-11-12-13-16-25(17-14-15-24-18-19-26(29)23-27(24)30)28(31-20-6-2,32-21-7-3)33-22-8-4/h18-19,23,25H,5-17,20-22H2,1-4H3. The van der Waals surface area contributed by atoms with E-state index in [9.17, 15) is 8.78 Å². The number of hydrogen-bond donors (Lipinski definition) is 0. The van der Waals surface area contributed by atoms with Crippen LogP contribution < -0.4 is 0 Å². The van der Waals surface area contributed by atoms with E-state index in [1.165, 1.54) is 38.2 Å². The highest BCUT2D eigenvalue weighted by Crippen LogP contribution is 2.35. The van der Waals surface area contributed by atoms with Gasteiger partial charge in [-0.3, -0.25) is 0 Å². The van der Waals surface area contributed by atoms with Gasteiger partial charge in [-0.15, -0.1) is 0 Å². The molecule has 1 aromatic carbocycles. The summed E-state index contributed by atoms with van der Waals surface area (Å²) in [7, 11) is 0. The molecule has 0 aromatic heterocycles. The molecule has 1 unspecified atom stereocenters. The van der Waals surface area contributed by atoms with Gasteiger partial charge in [0.25, 0.3) is 5.97 Å². The highest BCUT2D eigenvalue weighted by Gasteiger charge is 2.42. The molecule has 0 fully saturated rings. The topological polar surface area (TPSA) is 27.7 Å².